The number of halogens is 1. The predicted octanol–water partition coefficient (Wildman–Crippen LogP) is 3.88. The summed E-state index contributed by atoms with van der Waals surface area (Å²) in [5, 5.41) is 2.57. The normalized spacial score (nSPS) is 23.9. The van der Waals surface area contributed by atoms with Gasteiger partial charge in [0.1, 0.15) is 24.0 Å². The lowest BCUT2D eigenvalue weighted by Gasteiger charge is -2.28. The minimum absolute atomic E-state index is 0.00732. The average Bonchev–Trinajstić information content (AvgIpc) is 3.20. The number of H-pyrrole nitrogens is 1. The van der Waals surface area contributed by atoms with E-state index in [-0.39, 0.29) is 12.4 Å². The molecule has 43 heavy (non-hydrogen) atoms. The molecule has 3 aromatic rings. The maximum atomic E-state index is 16.5. The van der Waals surface area contributed by atoms with Gasteiger partial charge in [0.15, 0.2) is 11.9 Å². The summed E-state index contributed by atoms with van der Waals surface area (Å²) in [6.07, 6.45) is -3.38. The van der Waals surface area contributed by atoms with Crippen LogP contribution in [-0.2, 0) is 34.7 Å². The van der Waals surface area contributed by atoms with Crippen LogP contribution in [0.1, 0.15) is 39.5 Å². The van der Waals surface area contributed by atoms with Gasteiger partial charge in [-0.3, -0.25) is 23.7 Å². The topological polar surface area (TPSA) is 147 Å². The summed E-state index contributed by atoms with van der Waals surface area (Å²) in [5.74, 6) is -0.509. The number of hydrogen-bond acceptors (Lipinski definition) is 9. The molecule has 0 amide bonds. The van der Waals surface area contributed by atoms with Gasteiger partial charge in [-0.2, -0.15) is 5.09 Å². The maximum absolute atomic E-state index is 16.5. The number of benzene rings is 2. The molecule has 1 aromatic heterocycles. The quantitative estimate of drug-likeness (QED) is 0.213. The van der Waals surface area contributed by atoms with Gasteiger partial charge < -0.3 is 18.7 Å². The number of esters is 1. The van der Waals surface area contributed by atoms with E-state index in [9.17, 15) is 18.9 Å². The number of hydrogen-bond donors (Lipinski definition) is 2. The summed E-state index contributed by atoms with van der Waals surface area (Å²) < 4.78 is 60.0. The van der Waals surface area contributed by atoms with Crippen molar-refractivity contribution in [3.63, 3.8) is 0 Å². The van der Waals surface area contributed by atoms with Gasteiger partial charge >= 0.3 is 19.4 Å². The smallest absolute Gasteiger partial charge is 0.459 e. The summed E-state index contributed by atoms with van der Waals surface area (Å²) in [4.78, 5) is 38.8. The summed E-state index contributed by atoms with van der Waals surface area (Å²) in [7, 11) is -4.33. The zero-order chi connectivity index (χ0) is 31.2. The van der Waals surface area contributed by atoms with Crippen LogP contribution in [0.2, 0.25) is 0 Å². The Labute approximate surface area is 247 Å². The minimum atomic E-state index is -4.33. The van der Waals surface area contributed by atoms with Crippen LogP contribution in [0.5, 0.6) is 5.75 Å². The molecule has 1 unspecified atom stereocenters. The molecule has 2 N–H and O–H groups in total. The fraction of sp³-hybridized carbons (Fsp3) is 0.414. The van der Waals surface area contributed by atoms with Crippen molar-refractivity contribution in [1.82, 2.24) is 14.6 Å². The Balaban J connectivity index is 1.61. The molecule has 1 saturated heterocycles. The lowest BCUT2D eigenvalue weighted by atomic mass is 9.98. The first kappa shape index (κ1) is 32.3. The third-order valence-corrected chi connectivity index (χ3v) is 8.14. The van der Waals surface area contributed by atoms with Gasteiger partial charge in [0.25, 0.3) is 5.56 Å². The second kappa shape index (κ2) is 13.8. The van der Waals surface area contributed by atoms with Gasteiger partial charge in [-0.05, 0) is 45.4 Å². The van der Waals surface area contributed by atoms with E-state index < -0.39 is 67.8 Å². The highest BCUT2D eigenvalue weighted by Gasteiger charge is 2.57. The second-order valence-corrected chi connectivity index (χ2v) is 12.1. The number of aromatic nitrogens is 2. The van der Waals surface area contributed by atoms with Crippen LogP contribution >= 0.6 is 7.75 Å². The van der Waals surface area contributed by atoms with Crippen LogP contribution in [0.15, 0.2) is 82.5 Å². The number of ether oxygens (including phenoxy) is 3. The molecule has 1 aliphatic rings. The zero-order valence-corrected chi connectivity index (χ0v) is 25.1. The van der Waals surface area contributed by atoms with E-state index in [1.165, 1.54) is 13.8 Å². The summed E-state index contributed by atoms with van der Waals surface area (Å²) >= 11 is 0. The van der Waals surface area contributed by atoms with Crippen molar-refractivity contribution >= 4 is 13.7 Å². The van der Waals surface area contributed by atoms with Gasteiger partial charge in [-0.1, -0.05) is 48.5 Å². The molecule has 1 aliphatic heterocycles. The van der Waals surface area contributed by atoms with Gasteiger partial charge in [0.2, 0.25) is 0 Å². The fourth-order valence-electron chi connectivity index (χ4n) is 4.49. The van der Waals surface area contributed by atoms with Crippen LogP contribution in [0.25, 0.3) is 0 Å². The van der Waals surface area contributed by atoms with E-state index in [2.05, 4.69) is 10.1 Å². The van der Waals surface area contributed by atoms with Crippen molar-refractivity contribution in [2.24, 2.45) is 0 Å². The number of alkyl halides is 1. The van der Waals surface area contributed by atoms with Crippen molar-refractivity contribution in [3.8, 4) is 5.75 Å². The molecule has 2 heterocycles. The van der Waals surface area contributed by atoms with Crippen molar-refractivity contribution in [3.05, 3.63) is 99.3 Å². The monoisotopic (exact) mass is 619 g/mol. The highest BCUT2D eigenvalue weighted by molar-refractivity contribution is 7.52. The Bertz CT molecular complexity index is 1530. The van der Waals surface area contributed by atoms with E-state index in [1.54, 1.807) is 68.4 Å². The Hall–Kier alpha value is -3.61. The van der Waals surface area contributed by atoms with Crippen molar-refractivity contribution in [2.45, 2.75) is 70.6 Å². The lowest BCUT2D eigenvalue weighted by Crippen LogP contribution is -2.45. The Morgan fingerprint density at radius 2 is 1.74 bits per heavy atom. The van der Waals surface area contributed by atoms with Gasteiger partial charge in [0, 0.05) is 12.3 Å². The number of nitrogens with one attached hydrogen (secondary N) is 2. The van der Waals surface area contributed by atoms with Crippen molar-refractivity contribution in [1.29, 1.82) is 0 Å². The number of carbonyl (C=O) groups is 1. The molecule has 232 valence electrons. The van der Waals surface area contributed by atoms with Gasteiger partial charge in [0.05, 0.1) is 19.3 Å². The molecule has 0 aliphatic carbocycles. The Morgan fingerprint density at radius 1 is 1.09 bits per heavy atom. The zero-order valence-electron chi connectivity index (χ0n) is 24.2. The molecular weight excluding hydrogens is 584 g/mol. The standard InChI is InChI=1S/C29H35FN3O9P/c1-19(2)40-26(35)20(3)32-43(37,42-22-13-9-6-10-14-22)39-18-23-25(38-17-21-11-7-5-8-12-21)29(4,30)27(41-23)33-16-15-24(34)31-28(33)36/h5-16,19-20,23,25,27H,17-18H2,1-4H3,(H,32,37)(H,31,34,36)/t20-,23+,25+,27+,29+,43?/m0/s1. The fourth-order valence-corrected chi connectivity index (χ4v) is 5.99. The molecule has 12 nitrogen and oxygen atoms in total. The van der Waals surface area contributed by atoms with Gasteiger partial charge in [-0.15, -0.1) is 0 Å². The molecule has 14 heteroatoms. The molecule has 0 radical (unpaired) electrons. The number of rotatable bonds is 13. The largest absolute Gasteiger partial charge is 0.462 e. The first-order valence-electron chi connectivity index (χ1n) is 13.7. The average molecular weight is 620 g/mol. The molecule has 0 bridgehead atoms. The van der Waals surface area contributed by atoms with Crippen LogP contribution in [-0.4, -0.2) is 52.1 Å². The van der Waals surface area contributed by atoms with Crippen LogP contribution in [0.4, 0.5) is 4.39 Å². The SMILES string of the molecule is CC(C)OC(=O)[C@H](C)NP(=O)(OC[C@H]1O[C@@H](n2ccc(=O)[nH]c2=O)[C@](C)(F)[C@@H]1OCc1ccccc1)Oc1ccccc1. The number of aromatic amines is 1. The maximum Gasteiger partial charge on any atom is 0.459 e. The second-order valence-electron chi connectivity index (χ2n) is 10.4. The number of carbonyl (C=O) groups excluding carboxylic acids is 1. The number of para-hydroxylation sites is 1. The highest BCUT2D eigenvalue weighted by Crippen LogP contribution is 2.48. The van der Waals surface area contributed by atoms with E-state index in [0.717, 1.165) is 22.4 Å². The highest BCUT2D eigenvalue weighted by atomic mass is 31.2. The molecule has 4 rings (SSSR count). The van der Waals surface area contributed by atoms with Gasteiger partial charge in [-0.25, -0.2) is 13.8 Å². The van der Waals surface area contributed by atoms with Crippen LogP contribution in [0, 0.1) is 0 Å². The first-order valence-corrected chi connectivity index (χ1v) is 15.2. The Morgan fingerprint density at radius 3 is 2.37 bits per heavy atom. The molecular formula is C29H35FN3O9P. The molecule has 2 aromatic carbocycles. The first-order chi connectivity index (χ1) is 20.4. The molecule has 0 saturated carbocycles. The summed E-state index contributed by atoms with van der Waals surface area (Å²) in [6, 6.07) is 17.1. The molecule has 0 spiro atoms. The van der Waals surface area contributed by atoms with E-state index in [1.807, 2.05) is 6.07 Å². The third-order valence-electron chi connectivity index (χ3n) is 6.49. The summed E-state index contributed by atoms with van der Waals surface area (Å²) in [5.41, 5.74) is -3.12. The molecule has 1 fully saturated rings. The Kier molecular flexibility index (Phi) is 10.4. The number of nitrogens with zero attached hydrogens (tertiary/aromatic N) is 1. The van der Waals surface area contributed by atoms with Crippen molar-refractivity contribution < 1.29 is 37.0 Å². The van der Waals surface area contributed by atoms with Crippen LogP contribution in [0.3, 0.4) is 0 Å². The van der Waals surface area contributed by atoms with E-state index in [0.29, 0.717) is 0 Å². The van der Waals surface area contributed by atoms with Crippen molar-refractivity contribution in [2.75, 3.05) is 6.61 Å². The third kappa shape index (κ3) is 8.27. The van der Waals surface area contributed by atoms with E-state index >= 15 is 4.39 Å². The van der Waals surface area contributed by atoms with E-state index in [4.69, 9.17) is 23.3 Å². The summed E-state index contributed by atoms with van der Waals surface area (Å²) in [6.45, 7) is 5.44. The predicted molar refractivity (Wildman–Crippen MR) is 154 cm³/mol. The minimum Gasteiger partial charge on any atom is -0.462 e. The molecule has 6 atom stereocenters. The van der Waals surface area contributed by atoms with Crippen LogP contribution < -0.4 is 20.9 Å². The lowest BCUT2D eigenvalue weighted by molar-refractivity contribution is -0.149.